The summed E-state index contributed by atoms with van der Waals surface area (Å²) in [5.74, 6) is 0. The highest BCUT2D eigenvalue weighted by atomic mass is 15.0. The molecule has 20 heavy (non-hydrogen) atoms. The lowest BCUT2D eigenvalue weighted by Gasteiger charge is -2.15. The summed E-state index contributed by atoms with van der Waals surface area (Å²) in [6.07, 6.45) is 7.26. The molecule has 0 saturated carbocycles. The SMILES string of the molecule is Cc1cccc2nc(-c3ccc4c(c3)CCCC4)cn12. The molecule has 2 aromatic heterocycles. The van der Waals surface area contributed by atoms with Gasteiger partial charge in [-0.25, -0.2) is 4.98 Å². The normalized spacial score (nSPS) is 14.4. The van der Waals surface area contributed by atoms with Crippen molar-refractivity contribution in [3.05, 3.63) is 59.4 Å². The Morgan fingerprint density at radius 1 is 1.00 bits per heavy atom. The Bertz CT molecular complexity index is 783. The summed E-state index contributed by atoms with van der Waals surface area (Å²) in [5, 5.41) is 0. The van der Waals surface area contributed by atoms with Crippen LogP contribution in [-0.4, -0.2) is 9.38 Å². The number of aromatic nitrogens is 2. The lowest BCUT2D eigenvalue weighted by molar-refractivity contribution is 0.686. The summed E-state index contributed by atoms with van der Waals surface area (Å²) in [6.45, 7) is 2.12. The van der Waals surface area contributed by atoms with Gasteiger partial charge in [-0.1, -0.05) is 18.2 Å². The first kappa shape index (κ1) is 11.7. The first-order valence-corrected chi connectivity index (χ1v) is 7.38. The van der Waals surface area contributed by atoms with Gasteiger partial charge in [0.05, 0.1) is 5.69 Å². The molecule has 1 aliphatic rings. The van der Waals surface area contributed by atoms with Crippen molar-refractivity contribution in [2.24, 2.45) is 0 Å². The van der Waals surface area contributed by atoms with Crippen LogP contribution < -0.4 is 0 Å². The zero-order valence-corrected chi connectivity index (χ0v) is 11.8. The van der Waals surface area contributed by atoms with Crippen molar-refractivity contribution < 1.29 is 0 Å². The third-order valence-corrected chi connectivity index (χ3v) is 4.34. The molecule has 0 aliphatic heterocycles. The molecular formula is C18H18N2. The number of fused-ring (bicyclic) bond motifs is 2. The number of imidazole rings is 1. The van der Waals surface area contributed by atoms with Crippen LogP contribution in [-0.2, 0) is 12.8 Å². The first-order chi connectivity index (χ1) is 9.81. The lowest BCUT2D eigenvalue weighted by atomic mass is 9.90. The molecule has 0 radical (unpaired) electrons. The minimum absolute atomic E-state index is 1.03. The lowest BCUT2D eigenvalue weighted by Crippen LogP contribution is -2.02. The van der Waals surface area contributed by atoms with Gasteiger partial charge in [-0.05, 0) is 61.9 Å². The van der Waals surface area contributed by atoms with E-state index in [9.17, 15) is 0 Å². The minimum Gasteiger partial charge on any atom is -0.304 e. The van der Waals surface area contributed by atoms with Crippen LogP contribution in [0.4, 0.5) is 0 Å². The molecule has 0 fully saturated rings. The molecule has 2 heteroatoms. The molecule has 0 spiro atoms. The van der Waals surface area contributed by atoms with E-state index in [4.69, 9.17) is 4.98 Å². The van der Waals surface area contributed by atoms with Gasteiger partial charge in [-0.3, -0.25) is 0 Å². The van der Waals surface area contributed by atoms with Gasteiger partial charge in [-0.15, -0.1) is 0 Å². The van der Waals surface area contributed by atoms with E-state index in [0.29, 0.717) is 0 Å². The summed E-state index contributed by atoms with van der Waals surface area (Å²) in [4.78, 5) is 4.76. The zero-order valence-electron chi connectivity index (χ0n) is 11.8. The molecule has 4 rings (SSSR count). The quantitative estimate of drug-likeness (QED) is 0.643. The first-order valence-electron chi connectivity index (χ1n) is 7.38. The van der Waals surface area contributed by atoms with Crippen molar-refractivity contribution in [3.63, 3.8) is 0 Å². The van der Waals surface area contributed by atoms with Gasteiger partial charge in [0.15, 0.2) is 0 Å². The second kappa shape index (κ2) is 4.48. The number of hydrogen-bond donors (Lipinski definition) is 0. The molecule has 0 unspecified atom stereocenters. The van der Waals surface area contributed by atoms with Gasteiger partial charge in [0, 0.05) is 17.5 Å². The Kier molecular flexibility index (Phi) is 2.62. The van der Waals surface area contributed by atoms with Crippen LogP contribution in [0.25, 0.3) is 16.9 Å². The number of benzene rings is 1. The molecule has 100 valence electrons. The van der Waals surface area contributed by atoms with Crippen molar-refractivity contribution in [1.82, 2.24) is 9.38 Å². The number of nitrogens with zero attached hydrogens (tertiary/aromatic N) is 2. The third-order valence-electron chi connectivity index (χ3n) is 4.34. The van der Waals surface area contributed by atoms with Gasteiger partial charge >= 0.3 is 0 Å². The van der Waals surface area contributed by atoms with Crippen molar-refractivity contribution >= 4 is 5.65 Å². The van der Waals surface area contributed by atoms with Gasteiger partial charge in [0.2, 0.25) is 0 Å². The van der Waals surface area contributed by atoms with Gasteiger partial charge in [-0.2, -0.15) is 0 Å². The fraction of sp³-hybridized carbons (Fsp3) is 0.278. The van der Waals surface area contributed by atoms with Crippen molar-refractivity contribution in [1.29, 1.82) is 0 Å². The summed E-state index contributed by atoms with van der Waals surface area (Å²) >= 11 is 0. The van der Waals surface area contributed by atoms with Crippen LogP contribution in [0.1, 0.15) is 29.7 Å². The third kappa shape index (κ3) is 1.83. The number of pyridine rings is 1. The maximum atomic E-state index is 4.76. The Morgan fingerprint density at radius 3 is 2.70 bits per heavy atom. The van der Waals surface area contributed by atoms with Crippen LogP contribution in [0.2, 0.25) is 0 Å². The highest BCUT2D eigenvalue weighted by molar-refractivity contribution is 5.64. The fourth-order valence-electron chi connectivity index (χ4n) is 3.18. The smallest absolute Gasteiger partial charge is 0.137 e. The average molecular weight is 262 g/mol. The van der Waals surface area contributed by atoms with Gasteiger partial charge < -0.3 is 4.40 Å². The highest BCUT2D eigenvalue weighted by Crippen LogP contribution is 2.27. The van der Waals surface area contributed by atoms with E-state index in [-0.39, 0.29) is 0 Å². The molecule has 0 atom stereocenters. The van der Waals surface area contributed by atoms with E-state index in [2.05, 4.69) is 53.9 Å². The molecule has 2 nitrogen and oxygen atoms in total. The summed E-state index contributed by atoms with van der Waals surface area (Å²) in [7, 11) is 0. The van der Waals surface area contributed by atoms with E-state index >= 15 is 0 Å². The molecule has 0 amide bonds. The second-order valence-electron chi connectivity index (χ2n) is 5.71. The Balaban J connectivity index is 1.84. The van der Waals surface area contributed by atoms with E-state index in [1.165, 1.54) is 48.1 Å². The van der Waals surface area contributed by atoms with Crippen molar-refractivity contribution in [3.8, 4) is 11.3 Å². The molecule has 1 aromatic carbocycles. The Hall–Kier alpha value is -2.09. The molecule has 0 saturated heterocycles. The summed E-state index contributed by atoms with van der Waals surface area (Å²) in [6, 6.07) is 13.1. The van der Waals surface area contributed by atoms with E-state index in [1.54, 1.807) is 0 Å². The predicted molar refractivity (Wildman–Crippen MR) is 82.0 cm³/mol. The maximum absolute atomic E-state index is 4.76. The topological polar surface area (TPSA) is 17.3 Å². The molecule has 1 aliphatic carbocycles. The maximum Gasteiger partial charge on any atom is 0.137 e. The molecule has 0 bridgehead atoms. The monoisotopic (exact) mass is 262 g/mol. The van der Waals surface area contributed by atoms with E-state index in [1.807, 2.05) is 0 Å². The zero-order chi connectivity index (χ0) is 13.5. The van der Waals surface area contributed by atoms with Crippen LogP contribution in [0, 0.1) is 6.92 Å². The summed E-state index contributed by atoms with van der Waals surface area (Å²) in [5.41, 5.74) is 7.61. The van der Waals surface area contributed by atoms with E-state index < -0.39 is 0 Å². The number of aryl methyl sites for hydroxylation is 3. The van der Waals surface area contributed by atoms with Crippen molar-refractivity contribution in [2.45, 2.75) is 32.6 Å². The Labute approximate surface area is 119 Å². The molecule has 3 aromatic rings. The van der Waals surface area contributed by atoms with Gasteiger partial charge in [0.25, 0.3) is 0 Å². The van der Waals surface area contributed by atoms with Crippen LogP contribution >= 0.6 is 0 Å². The molecule has 0 N–H and O–H groups in total. The van der Waals surface area contributed by atoms with Crippen LogP contribution in [0.5, 0.6) is 0 Å². The number of rotatable bonds is 1. The van der Waals surface area contributed by atoms with Gasteiger partial charge in [0.1, 0.15) is 5.65 Å². The van der Waals surface area contributed by atoms with E-state index in [0.717, 1.165) is 11.3 Å². The predicted octanol–water partition coefficient (Wildman–Crippen LogP) is 4.19. The van der Waals surface area contributed by atoms with Crippen LogP contribution in [0.15, 0.2) is 42.6 Å². The molecular weight excluding hydrogens is 244 g/mol. The van der Waals surface area contributed by atoms with Crippen molar-refractivity contribution in [2.75, 3.05) is 0 Å². The molecule has 2 heterocycles. The second-order valence-corrected chi connectivity index (χ2v) is 5.71. The fourth-order valence-corrected chi connectivity index (χ4v) is 3.18. The van der Waals surface area contributed by atoms with Crippen LogP contribution in [0.3, 0.4) is 0 Å². The average Bonchev–Trinajstić information content (AvgIpc) is 2.92. The number of hydrogen-bond acceptors (Lipinski definition) is 1. The Morgan fingerprint density at radius 2 is 1.85 bits per heavy atom. The summed E-state index contributed by atoms with van der Waals surface area (Å²) < 4.78 is 2.16. The highest BCUT2D eigenvalue weighted by Gasteiger charge is 2.12. The minimum atomic E-state index is 1.03. The standard InChI is InChI=1S/C18H18N2/c1-13-5-4-8-18-19-17(12-20(13)18)16-10-9-14-6-2-3-7-15(14)11-16/h4-5,8-12H,2-3,6-7H2,1H3. The largest absolute Gasteiger partial charge is 0.304 e.